The SMILES string of the molecule is CCOc1ccc(N2COCC(C(=O)OC)=C2C(=O)OC)cc1C(F)(F)F. The second kappa shape index (κ2) is 8.30. The number of hydrogen-bond donors (Lipinski definition) is 0. The molecule has 0 fully saturated rings. The van der Waals surface area contributed by atoms with Crippen molar-refractivity contribution >= 4 is 17.6 Å². The van der Waals surface area contributed by atoms with Crippen molar-refractivity contribution < 1.29 is 41.7 Å². The van der Waals surface area contributed by atoms with E-state index in [0.29, 0.717) is 0 Å². The second-order valence-electron chi connectivity index (χ2n) is 5.33. The van der Waals surface area contributed by atoms with Gasteiger partial charge in [0.15, 0.2) is 0 Å². The Morgan fingerprint density at radius 3 is 2.41 bits per heavy atom. The summed E-state index contributed by atoms with van der Waals surface area (Å²) in [7, 11) is 2.21. The van der Waals surface area contributed by atoms with Crippen molar-refractivity contribution in [2.45, 2.75) is 13.1 Å². The van der Waals surface area contributed by atoms with Crippen LogP contribution in [-0.2, 0) is 30.0 Å². The lowest BCUT2D eigenvalue weighted by Crippen LogP contribution is -2.38. The average molecular weight is 389 g/mol. The number of ether oxygens (including phenoxy) is 4. The summed E-state index contributed by atoms with van der Waals surface area (Å²) in [4.78, 5) is 25.3. The van der Waals surface area contributed by atoms with Crippen molar-refractivity contribution in [2.75, 3.05) is 39.1 Å². The third-order valence-corrected chi connectivity index (χ3v) is 3.71. The maximum absolute atomic E-state index is 13.4. The predicted octanol–water partition coefficient (Wildman–Crippen LogP) is 2.50. The van der Waals surface area contributed by atoms with E-state index in [9.17, 15) is 22.8 Å². The van der Waals surface area contributed by atoms with Gasteiger partial charge in [0, 0.05) is 5.69 Å². The molecule has 7 nitrogen and oxygen atoms in total. The van der Waals surface area contributed by atoms with Crippen LogP contribution in [0.4, 0.5) is 18.9 Å². The number of rotatable bonds is 5. The molecular formula is C17H18F3NO6. The lowest BCUT2D eigenvalue weighted by Gasteiger charge is -2.31. The summed E-state index contributed by atoms with van der Waals surface area (Å²) in [6.07, 6.45) is -4.68. The third-order valence-electron chi connectivity index (χ3n) is 3.71. The Morgan fingerprint density at radius 1 is 1.19 bits per heavy atom. The zero-order chi connectivity index (χ0) is 20.2. The summed E-state index contributed by atoms with van der Waals surface area (Å²) in [6.45, 7) is 1.12. The van der Waals surface area contributed by atoms with Crippen LogP contribution in [0.5, 0.6) is 5.75 Å². The van der Waals surface area contributed by atoms with Gasteiger partial charge in [-0.3, -0.25) is 0 Å². The molecule has 0 N–H and O–H groups in total. The summed E-state index contributed by atoms with van der Waals surface area (Å²) < 4.78 is 59.8. The van der Waals surface area contributed by atoms with Crippen molar-refractivity contribution in [3.05, 3.63) is 35.0 Å². The third kappa shape index (κ3) is 4.33. The van der Waals surface area contributed by atoms with E-state index in [-0.39, 0.29) is 42.7 Å². The quantitative estimate of drug-likeness (QED) is 0.717. The molecule has 1 heterocycles. The fourth-order valence-electron chi connectivity index (χ4n) is 2.54. The van der Waals surface area contributed by atoms with Crippen LogP contribution in [0.25, 0.3) is 0 Å². The van der Waals surface area contributed by atoms with Gasteiger partial charge in [0.2, 0.25) is 0 Å². The Labute approximate surface area is 153 Å². The minimum absolute atomic E-state index is 0.0210. The van der Waals surface area contributed by atoms with Crippen molar-refractivity contribution in [2.24, 2.45) is 0 Å². The van der Waals surface area contributed by atoms with Gasteiger partial charge < -0.3 is 23.8 Å². The van der Waals surface area contributed by atoms with Crippen LogP contribution in [0.15, 0.2) is 29.5 Å². The molecule has 0 unspecified atom stereocenters. The molecule has 0 aliphatic carbocycles. The molecule has 0 bridgehead atoms. The van der Waals surface area contributed by atoms with Crippen molar-refractivity contribution in [3.8, 4) is 5.75 Å². The Balaban J connectivity index is 2.60. The summed E-state index contributed by atoms with van der Waals surface area (Å²) in [5.41, 5.74) is -1.44. The zero-order valence-electron chi connectivity index (χ0n) is 14.9. The van der Waals surface area contributed by atoms with E-state index in [1.54, 1.807) is 6.92 Å². The highest BCUT2D eigenvalue weighted by Crippen LogP contribution is 2.39. The summed E-state index contributed by atoms with van der Waals surface area (Å²) in [6, 6.07) is 3.28. The van der Waals surface area contributed by atoms with Crippen molar-refractivity contribution in [1.82, 2.24) is 0 Å². The number of anilines is 1. The summed E-state index contributed by atoms with van der Waals surface area (Å²) in [5.74, 6) is -2.09. The summed E-state index contributed by atoms with van der Waals surface area (Å²) >= 11 is 0. The van der Waals surface area contributed by atoms with Crippen molar-refractivity contribution in [3.63, 3.8) is 0 Å². The molecule has 0 amide bonds. The fraction of sp³-hybridized carbons (Fsp3) is 0.412. The normalized spacial score (nSPS) is 14.8. The lowest BCUT2D eigenvalue weighted by atomic mass is 10.1. The number of halogens is 3. The number of hydrogen-bond acceptors (Lipinski definition) is 7. The first-order valence-corrected chi connectivity index (χ1v) is 7.83. The van der Waals surface area contributed by atoms with Gasteiger partial charge in [0.1, 0.15) is 18.2 Å². The van der Waals surface area contributed by atoms with Crippen LogP contribution in [0.2, 0.25) is 0 Å². The van der Waals surface area contributed by atoms with E-state index in [0.717, 1.165) is 31.3 Å². The highest BCUT2D eigenvalue weighted by atomic mass is 19.4. The first kappa shape index (κ1) is 20.6. The van der Waals surface area contributed by atoms with Gasteiger partial charge in [0.25, 0.3) is 0 Å². The van der Waals surface area contributed by atoms with Gasteiger partial charge in [-0.1, -0.05) is 0 Å². The molecule has 1 aromatic rings. The number of esters is 2. The van der Waals surface area contributed by atoms with E-state index >= 15 is 0 Å². The maximum atomic E-state index is 13.4. The highest BCUT2D eigenvalue weighted by Gasteiger charge is 2.37. The minimum atomic E-state index is -4.68. The minimum Gasteiger partial charge on any atom is -0.493 e. The molecule has 0 radical (unpaired) electrons. The number of benzene rings is 1. The Morgan fingerprint density at radius 2 is 1.85 bits per heavy atom. The topological polar surface area (TPSA) is 74.3 Å². The first-order valence-electron chi connectivity index (χ1n) is 7.83. The highest BCUT2D eigenvalue weighted by molar-refractivity contribution is 6.03. The molecule has 0 saturated heterocycles. The van der Waals surface area contributed by atoms with Crippen molar-refractivity contribution in [1.29, 1.82) is 0 Å². The van der Waals surface area contributed by atoms with Gasteiger partial charge in [-0.25, -0.2) is 9.59 Å². The number of carbonyl (C=O) groups is 2. The number of carbonyl (C=O) groups excluding carboxylic acids is 2. The van der Waals surface area contributed by atoms with Crippen LogP contribution >= 0.6 is 0 Å². The monoisotopic (exact) mass is 389 g/mol. The molecule has 10 heteroatoms. The Bertz CT molecular complexity index is 760. The van der Waals surface area contributed by atoms with E-state index < -0.39 is 23.7 Å². The molecule has 27 heavy (non-hydrogen) atoms. The standard InChI is InChI=1S/C17H18F3NO6/c1-4-27-13-6-5-10(7-12(13)17(18,19)20)21-9-26-8-11(15(22)24-2)14(21)16(23)25-3/h5-7H,4,8-9H2,1-3H3. The maximum Gasteiger partial charge on any atom is 0.420 e. The number of nitrogens with zero attached hydrogens (tertiary/aromatic N) is 1. The van der Waals surface area contributed by atoms with Crippen LogP contribution in [0.1, 0.15) is 12.5 Å². The van der Waals surface area contributed by atoms with E-state index in [2.05, 4.69) is 9.47 Å². The van der Waals surface area contributed by atoms with Gasteiger partial charge in [-0.05, 0) is 25.1 Å². The molecule has 0 aromatic heterocycles. The van der Waals surface area contributed by atoms with Gasteiger partial charge >= 0.3 is 18.1 Å². The molecule has 1 aliphatic heterocycles. The molecule has 1 aromatic carbocycles. The van der Waals surface area contributed by atoms with E-state index in [1.165, 1.54) is 6.07 Å². The lowest BCUT2D eigenvalue weighted by molar-refractivity contribution is -0.140. The van der Waals surface area contributed by atoms with Gasteiger partial charge in [-0.15, -0.1) is 0 Å². The molecule has 148 valence electrons. The van der Waals surface area contributed by atoms with Crippen LogP contribution in [0.3, 0.4) is 0 Å². The molecule has 1 aliphatic rings. The largest absolute Gasteiger partial charge is 0.493 e. The zero-order valence-corrected chi connectivity index (χ0v) is 14.9. The van der Waals surface area contributed by atoms with Crippen LogP contribution in [-0.4, -0.2) is 46.1 Å². The van der Waals surface area contributed by atoms with Gasteiger partial charge in [-0.2, -0.15) is 13.2 Å². The summed E-state index contributed by atoms with van der Waals surface area (Å²) in [5, 5.41) is 0. The first-order chi connectivity index (χ1) is 12.7. The molecule has 0 saturated carbocycles. The number of methoxy groups -OCH3 is 2. The molecular weight excluding hydrogens is 371 g/mol. The molecule has 0 atom stereocenters. The molecule has 2 rings (SSSR count). The van der Waals surface area contributed by atoms with Gasteiger partial charge in [0.05, 0.1) is 38.6 Å². The Hall–Kier alpha value is -2.75. The number of alkyl halides is 3. The smallest absolute Gasteiger partial charge is 0.420 e. The van der Waals surface area contributed by atoms with E-state index in [1.807, 2.05) is 0 Å². The van der Waals surface area contributed by atoms with Crippen LogP contribution in [0, 0.1) is 0 Å². The van der Waals surface area contributed by atoms with E-state index in [4.69, 9.17) is 9.47 Å². The Kier molecular flexibility index (Phi) is 6.32. The predicted molar refractivity (Wildman–Crippen MR) is 87.0 cm³/mol. The van der Waals surface area contributed by atoms with Crippen LogP contribution < -0.4 is 9.64 Å². The molecule has 0 spiro atoms. The second-order valence-corrected chi connectivity index (χ2v) is 5.33. The fourth-order valence-corrected chi connectivity index (χ4v) is 2.54. The average Bonchev–Trinajstić information content (AvgIpc) is 2.65.